The molecule has 0 atom stereocenters. The fourth-order valence-electron chi connectivity index (χ4n) is 3.88. The number of carbonyl (C=O) groups excluding carboxylic acids is 2. The van der Waals surface area contributed by atoms with Crippen LogP contribution in [-0.4, -0.2) is 48.2 Å². The minimum atomic E-state index is -3.61. The van der Waals surface area contributed by atoms with Gasteiger partial charge in [-0.1, -0.05) is 48.0 Å². The number of amides is 3. The molecule has 1 N–H and O–H groups in total. The van der Waals surface area contributed by atoms with Crippen molar-refractivity contribution in [2.24, 2.45) is 0 Å². The number of aryl methyl sites for hydroxylation is 1. The maximum Gasteiger partial charge on any atom is 0.325 e. The van der Waals surface area contributed by atoms with Gasteiger partial charge in [0.1, 0.15) is 5.54 Å². The zero-order chi connectivity index (χ0) is 20.6. The molecule has 2 saturated heterocycles. The lowest BCUT2D eigenvalue weighted by Crippen LogP contribution is -2.55. The van der Waals surface area contributed by atoms with Gasteiger partial charge in [-0.2, -0.15) is 4.31 Å². The lowest BCUT2D eigenvalue weighted by atomic mass is 9.88. The van der Waals surface area contributed by atoms with E-state index in [4.69, 9.17) is 0 Å². The second kappa shape index (κ2) is 7.27. The summed E-state index contributed by atoms with van der Waals surface area (Å²) >= 11 is 0. The SMILES string of the molecule is Cc1ccc(CN2C(=O)NC3(CCN(S(=O)(=O)c4ccccc4)CC3)C2=O)cc1. The standard InChI is InChI=1S/C21H23N3O4S/c1-16-7-9-17(10-8-16)15-24-19(25)21(22-20(24)26)11-13-23(14-12-21)29(27,28)18-5-3-2-4-6-18/h2-10H,11-15H2,1H3,(H,22,26). The molecule has 1 spiro atoms. The molecule has 2 heterocycles. The summed E-state index contributed by atoms with van der Waals surface area (Å²) < 4.78 is 27.0. The predicted molar refractivity (Wildman–Crippen MR) is 107 cm³/mol. The normalized spacial score (nSPS) is 19.6. The first-order valence-electron chi connectivity index (χ1n) is 9.57. The van der Waals surface area contributed by atoms with E-state index in [1.165, 1.54) is 9.21 Å². The molecule has 0 saturated carbocycles. The lowest BCUT2D eigenvalue weighted by Gasteiger charge is -2.36. The highest BCUT2D eigenvalue weighted by molar-refractivity contribution is 7.89. The van der Waals surface area contributed by atoms with Gasteiger partial charge in [0.05, 0.1) is 11.4 Å². The summed E-state index contributed by atoms with van der Waals surface area (Å²) in [6, 6.07) is 15.5. The van der Waals surface area contributed by atoms with Crippen LogP contribution in [0.25, 0.3) is 0 Å². The molecule has 2 aliphatic heterocycles. The van der Waals surface area contributed by atoms with Crippen molar-refractivity contribution >= 4 is 22.0 Å². The van der Waals surface area contributed by atoms with Crippen molar-refractivity contribution < 1.29 is 18.0 Å². The van der Waals surface area contributed by atoms with Crippen LogP contribution in [0.2, 0.25) is 0 Å². The molecule has 0 aliphatic carbocycles. The van der Waals surface area contributed by atoms with Crippen LogP contribution in [0.5, 0.6) is 0 Å². The van der Waals surface area contributed by atoms with E-state index < -0.39 is 21.6 Å². The molecule has 7 nitrogen and oxygen atoms in total. The smallest absolute Gasteiger partial charge is 0.323 e. The van der Waals surface area contributed by atoms with E-state index in [2.05, 4.69) is 5.32 Å². The highest BCUT2D eigenvalue weighted by Gasteiger charge is 2.53. The van der Waals surface area contributed by atoms with Crippen LogP contribution in [0.1, 0.15) is 24.0 Å². The van der Waals surface area contributed by atoms with Gasteiger partial charge >= 0.3 is 6.03 Å². The van der Waals surface area contributed by atoms with Crippen LogP contribution in [0.4, 0.5) is 4.79 Å². The molecule has 2 aromatic rings. The fraction of sp³-hybridized carbons (Fsp3) is 0.333. The molecule has 4 rings (SSSR count). The number of hydrogen-bond acceptors (Lipinski definition) is 4. The van der Waals surface area contributed by atoms with Crippen molar-refractivity contribution in [3.8, 4) is 0 Å². The molecule has 29 heavy (non-hydrogen) atoms. The summed E-state index contributed by atoms with van der Waals surface area (Å²) in [5.41, 5.74) is 0.958. The Morgan fingerprint density at radius 2 is 1.59 bits per heavy atom. The molecule has 2 aliphatic rings. The van der Waals surface area contributed by atoms with Crippen LogP contribution in [0.15, 0.2) is 59.5 Å². The van der Waals surface area contributed by atoms with E-state index in [1.54, 1.807) is 30.3 Å². The maximum atomic E-state index is 13.1. The fourth-order valence-corrected chi connectivity index (χ4v) is 5.35. The van der Waals surface area contributed by atoms with Crippen LogP contribution in [0, 0.1) is 6.92 Å². The minimum absolute atomic E-state index is 0.182. The molecule has 2 fully saturated rings. The highest BCUT2D eigenvalue weighted by atomic mass is 32.2. The third-order valence-corrected chi connectivity index (χ3v) is 7.58. The van der Waals surface area contributed by atoms with Gasteiger partial charge < -0.3 is 5.32 Å². The Morgan fingerprint density at radius 3 is 2.21 bits per heavy atom. The molecule has 8 heteroatoms. The second-order valence-electron chi connectivity index (χ2n) is 7.61. The van der Waals surface area contributed by atoms with Gasteiger partial charge in [0.2, 0.25) is 10.0 Å². The first kappa shape index (κ1) is 19.6. The quantitative estimate of drug-likeness (QED) is 0.779. The van der Waals surface area contributed by atoms with Crippen LogP contribution in [0.3, 0.4) is 0 Å². The van der Waals surface area contributed by atoms with Gasteiger partial charge in [-0.25, -0.2) is 13.2 Å². The van der Waals surface area contributed by atoms with E-state index in [1.807, 2.05) is 31.2 Å². The minimum Gasteiger partial charge on any atom is -0.323 e. The number of sulfonamides is 1. The monoisotopic (exact) mass is 413 g/mol. The average molecular weight is 413 g/mol. The number of nitrogens with one attached hydrogen (secondary N) is 1. The van der Waals surface area contributed by atoms with Gasteiger partial charge in [-0.15, -0.1) is 0 Å². The molecule has 152 valence electrons. The third-order valence-electron chi connectivity index (χ3n) is 5.66. The maximum absolute atomic E-state index is 13.1. The lowest BCUT2D eigenvalue weighted by molar-refractivity contribution is -0.133. The van der Waals surface area contributed by atoms with Crippen molar-refractivity contribution in [1.82, 2.24) is 14.5 Å². The number of benzene rings is 2. The predicted octanol–water partition coefficient (Wildman–Crippen LogP) is 2.27. The van der Waals surface area contributed by atoms with Crippen molar-refractivity contribution in [3.05, 3.63) is 65.7 Å². The highest BCUT2D eigenvalue weighted by Crippen LogP contribution is 2.32. The third kappa shape index (κ3) is 3.54. The Bertz CT molecular complexity index is 1030. The van der Waals surface area contributed by atoms with E-state index in [0.29, 0.717) is 0 Å². The van der Waals surface area contributed by atoms with Gasteiger partial charge in [0.15, 0.2) is 0 Å². The number of hydrogen-bond donors (Lipinski definition) is 1. The zero-order valence-electron chi connectivity index (χ0n) is 16.2. The second-order valence-corrected chi connectivity index (χ2v) is 9.54. The number of piperidine rings is 1. The molecular formula is C21H23N3O4S. The van der Waals surface area contributed by atoms with Crippen LogP contribution in [-0.2, 0) is 21.4 Å². The van der Waals surface area contributed by atoms with Gasteiger partial charge in [0.25, 0.3) is 5.91 Å². The van der Waals surface area contributed by atoms with Gasteiger partial charge in [0, 0.05) is 13.1 Å². The molecule has 0 aromatic heterocycles. The number of nitrogens with zero attached hydrogens (tertiary/aromatic N) is 2. The molecule has 3 amide bonds. The summed E-state index contributed by atoms with van der Waals surface area (Å²) in [6.45, 7) is 2.55. The van der Waals surface area contributed by atoms with Crippen molar-refractivity contribution in [2.45, 2.75) is 36.7 Å². The molecule has 0 radical (unpaired) electrons. The van der Waals surface area contributed by atoms with E-state index >= 15 is 0 Å². The Hall–Kier alpha value is -2.71. The molecule has 0 unspecified atom stereocenters. The van der Waals surface area contributed by atoms with Crippen molar-refractivity contribution in [2.75, 3.05) is 13.1 Å². The molecule has 0 bridgehead atoms. The van der Waals surface area contributed by atoms with Crippen molar-refractivity contribution in [1.29, 1.82) is 0 Å². The first-order valence-corrected chi connectivity index (χ1v) is 11.0. The Morgan fingerprint density at radius 1 is 0.966 bits per heavy atom. The topological polar surface area (TPSA) is 86.8 Å². The number of urea groups is 1. The zero-order valence-corrected chi connectivity index (χ0v) is 17.0. The van der Waals surface area contributed by atoms with E-state index in [-0.39, 0.29) is 43.3 Å². The van der Waals surface area contributed by atoms with Gasteiger partial charge in [-0.05, 0) is 37.5 Å². The average Bonchev–Trinajstić information content (AvgIpc) is 2.94. The first-order chi connectivity index (χ1) is 13.8. The van der Waals surface area contributed by atoms with E-state index in [0.717, 1.165) is 11.1 Å². The molecular weight excluding hydrogens is 390 g/mol. The van der Waals surface area contributed by atoms with Crippen LogP contribution >= 0.6 is 0 Å². The van der Waals surface area contributed by atoms with Crippen LogP contribution < -0.4 is 5.32 Å². The summed E-state index contributed by atoms with van der Waals surface area (Å²) in [4.78, 5) is 27.0. The largest absolute Gasteiger partial charge is 0.325 e. The van der Waals surface area contributed by atoms with E-state index in [9.17, 15) is 18.0 Å². The number of rotatable bonds is 4. The van der Waals surface area contributed by atoms with Gasteiger partial charge in [-0.3, -0.25) is 9.69 Å². The van der Waals surface area contributed by atoms with Crippen molar-refractivity contribution in [3.63, 3.8) is 0 Å². The number of carbonyl (C=O) groups is 2. The molecule has 2 aromatic carbocycles. The Balaban J connectivity index is 1.47. The number of imide groups is 1. The summed E-state index contributed by atoms with van der Waals surface area (Å²) in [5.74, 6) is -0.278. The summed E-state index contributed by atoms with van der Waals surface area (Å²) in [6.07, 6.45) is 0.516. The summed E-state index contributed by atoms with van der Waals surface area (Å²) in [7, 11) is -3.61. The Labute approximate surface area is 170 Å². The Kier molecular flexibility index (Phi) is 4.92. The summed E-state index contributed by atoms with van der Waals surface area (Å²) in [5, 5.41) is 2.83.